The van der Waals surface area contributed by atoms with Crippen molar-refractivity contribution in [3.63, 3.8) is 0 Å². The molecule has 90 heavy (non-hydrogen) atoms. The third kappa shape index (κ3) is 16.4. The Labute approximate surface area is 510 Å². The summed E-state index contributed by atoms with van der Waals surface area (Å²) in [6.07, 6.45) is -61.4. The number of ether oxygens (including phenoxy) is 13. The van der Waals surface area contributed by atoms with E-state index in [-0.39, 0.29) is 0 Å². The molecule has 0 radical (unpaired) electrons. The number of hydrogen-bond acceptors (Lipinski definition) is 36. The molecule has 7 fully saturated rings. The van der Waals surface area contributed by atoms with Crippen molar-refractivity contribution in [3.05, 3.63) is 0 Å². The molecule has 0 unspecified atom stereocenters. The molecule has 23 N–H and O–H groups in total. The Bertz CT molecular complexity index is 2310. The molecule has 7 rings (SSSR count). The van der Waals surface area contributed by atoms with Gasteiger partial charge in [0.05, 0.1) is 46.2 Å². The van der Waals surface area contributed by atoms with Gasteiger partial charge >= 0.3 is 0 Å². The molecular weight excluding hydrogens is 1230 g/mol. The van der Waals surface area contributed by atoms with Gasteiger partial charge in [-0.2, -0.15) is 0 Å². The average Bonchev–Trinajstić information content (AvgIpc) is 0.820. The Balaban J connectivity index is 1.23. The van der Waals surface area contributed by atoms with E-state index in [0.29, 0.717) is 0 Å². The van der Waals surface area contributed by atoms with Crippen LogP contribution in [0.25, 0.3) is 0 Å². The van der Waals surface area contributed by atoms with Gasteiger partial charge in [-0.1, -0.05) is 0 Å². The van der Waals surface area contributed by atoms with Crippen molar-refractivity contribution >= 4 is 23.6 Å². The zero-order valence-electron chi connectivity index (χ0n) is 48.6. The first kappa shape index (κ1) is 74.0. The standard InChI is InChI=1S/C50H84N4O36/c1-12(61)51-23-33(71)39(19(8-58)79-44(23)77)86-47-26(54-15(4)64)34(72)40(20(9-59)83-47)88-49-38(76)42(89-48-36(74)35(73)29(67)18(7-57)82-48)30(68)22(85-49)11-78-50-43(90-46-25(53-14(3)63)32(70)28(66)17(6-56)81-46)37(75)41(21(10-60)84-50)87-45-24(52-13(2)62)31(69)27(65)16(5-55)80-45/h16-50,55-60,65-77H,5-11H2,1-4H3,(H,51,61)(H,52,62)(H,53,63)(H,54,64)/t16-,17-,18-,19-,20-,21-,22-,23-,24-,25-,26-,27-,28-,29-,30-,31-,32-,33-,34-,35+,36+,37+,38+,39-,40-,41-,42+,43+,44-,45+,46+,47+,48-,49+,50+/m1/s1. The number of carbonyl (C=O) groups excluding carboxylic acids is 4. The van der Waals surface area contributed by atoms with E-state index < -0.39 is 285 Å². The van der Waals surface area contributed by atoms with E-state index in [1.165, 1.54) is 0 Å². The summed E-state index contributed by atoms with van der Waals surface area (Å²) >= 11 is 0. The zero-order chi connectivity index (χ0) is 66.5. The molecule has 7 aliphatic heterocycles. The fraction of sp³-hybridized carbons (Fsp3) is 0.920. The van der Waals surface area contributed by atoms with Crippen LogP contribution < -0.4 is 21.3 Å². The lowest BCUT2D eigenvalue weighted by Gasteiger charge is -2.50. The molecule has 520 valence electrons. The van der Waals surface area contributed by atoms with Crippen molar-refractivity contribution in [2.24, 2.45) is 0 Å². The smallest absolute Gasteiger partial charge is 0.217 e. The summed E-state index contributed by atoms with van der Waals surface area (Å²) in [5.74, 6) is -3.27. The Morgan fingerprint density at radius 2 is 0.600 bits per heavy atom. The van der Waals surface area contributed by atoms with Crippen molar-refractivity contribution in [1.29, 1.82) is 0 Å². The third-order valence-corrected chi connectivity index (χ3v) is 16.1. The van der Waals surface area contributed by atoms with Gasteiger partial charge < -0.3 is 180 Å². The molecule has 0 aliphatic carbocycles. The number of nitrogens with one attached hydrogen (secondary N) is 4. The molecule has 0 aromatic rings. The average molecular weight is 1320 g/mol. The normalized spacial score (nSPS) is 47.6. The lowest BCUT2D eigenvalue weighted by molar-refractivity contribution is -0.391. The highest BCUT2D eigenvalue weighted by Crippen LogP contribution is 2.38. The van der Waals surface area contributed by atoms with Gasteiger partial charge in [-0.3, -0.25) is 19.2 Å². The number of hydrogen-bond donors (Lipinski definition) is 23. The molecule has 0 aromatic carbocycles. The molecule has 7 heterocycles. The van der Waals surface area contributed by atoms with E-state index in [9.17, 15) is 116 Å². The lowest BCUT2D eigenvalue weighted by Crippen LogP contribution is -2.70. The van der Waals surface area contributed by atoms with Crippen LogP contribution in [0.2, 0.25) is 0 Å². The van der Waals surface area contributed by atoms with Crippen LogP contribution in [0.15, 0.2) is 0 Å². The second-order valence-corrected chi connectivity index (χ2v) is 22.5. The van der Waals surface area contributed by atoms with Crippen LogP contribution in [-0.4, -0.2) is 382 Å². The fourth-order valence-corrected chi connectivity index (χ4v) is 11.5. The topological polar surface area (TPSA) is 621 Å². The zero-order valence-corrected chi connectivity index (χ0v) is 48.6. The molecule has 0 spiro atoms. The Kier molecular flexibility index (Phi) is 26.6. The second kappa shape index (κ2) is 32.4. The lowest BCUT2D eigenvalue weighted by atomic mass is 9.94. The van der Waals surface area contributed by atoms with Gasteiger partial charge in [0.1, 0.15) is 171 Å². The van der Waals surface area contributed by atoms with Gasteiger partial charge in [0.25, 0.3) is 0 Å². The highest BCUT2D eigenvalue weighted by atomic mass is 16.8. The fourth-order valence-electron chi connectivity index (χ4n) is 11.5. The van der Waals surface area contributed by atoms with Gasteiger partial charge in [-0.05, 0) is 0 Å². The first-order chi connectivity index (χ1) is 42.5. The maximum atomic E-state index is 12.8. The highest BCUT2D eigenvalue weighted by Gasteiger charge is 2.59. The molecule has 35 atom stereocenters. The molecule has 0 saturated carbocycles. The number of carbonyl (C=O) groups is 4. The van der Waals surface area contributed by atoms with Crippen LogP contribution in [0.5, 0.6) is 0 Å². The van der Waals surface area contributed by atoms with E-state index in [0.717, 1.165) is 27.7 Å². The van der Waals surface area contributed by atoms with E-state index in [1.807, 2.05) is 0 Å². The minimum atomic E-state index is -2.37. The summed E-state index contributed by atoms with van der Waals surface area (Å²) < 4.78 is 76.7. The molecule has 0 bridgehead atoms. The molecule has 7 saturated heterocycles. The van der Waals surface area contributed by atoms with Crippen molar-refractivity contribution in [2.75, 3.05) is 46.2 Å². The first-order valence-corrected chi connectivity index (χ1v) is 28.6. The minimum absolute atomic E-state index is 0.745. The summed E-state index contributed by atoms with van der Waals surface area (Å²) in [6.45, 7) is -3.14. The molecule has 7 aliphatic rings. The summed E-state index contributed by atoms with van der Waals surface area (Å²) in [6, 6.07) is -6.83. The summed E-state index contributed by atoms with van der Waals surface area (Å²) in [4.78, 5) is 49.6. The monoisotopic (exact) mass is 1320 g/mol. The van der Waals surface area contributed by atoms with Crippen molar-refractivity contribution in [2.45, 2.75) is 242 Å². The summed E-state index contributed by atoms with van der Waals surface area (Å²) in [5, 5.41) is 218. The third-order valence-electron chi connectivity index (χ3n) is 16.1. The Morgan fingerprint density at radius 3 is 1.04 bits per heavy atom. The predicted octanol–water partition coefficient (Wildman–Crippen LogP) is -15.7. The van der Waals surface area contributed by atoms with Crippen LogP contribution in [0.3, 0.4) is 0 Å². The maximum Gasteiger partial charge on any atom is 0.217 e. The van der Waals surface area contributed by atoms with Gasteiger partial charge in [0, 0.05) is 27.7 Å². The largest absolute Gasteiger partial charge is 0.394 e. The molecular formula is C50H84N4O36. The molecule has 40 nitrogen and oxygen atoms in total. The van der Waals surface area contributed by atoms with Crippen molar-refractivity contribution < 1.29 is 178 Å². The van der Waals surface area contributed by atoms with Gasteiger partial charge in [0.15, 0.2) is 44.0 Å². The Morgan fingerprint density at radius 1 is 0.289 bits per heavy atom. The molecule has 40 heteroatoms. The Hall–Kier alpha value is -3.40. The maximum absolute atomic E-state index is 12.8. The van der Waals surface area contributed by atoms with Crippen LogP contribution >= 0.6 is 0 Å². The van der Waals surface area contributed by atoms with Gasteiger partial charge in [0.2, 0.25) is 23.6 Å². The number of amides is 4. The minimum Gasteiger partial charge on any atom is -0.394 e. The molecule has 0 aromatic heterocycles. The number of aliphatic hydroxyl groups excluding tert-OH is 19. The SMILES string of the molecule is CC(=O)N[C@@H]1[C@@H](O)[C@H](O[C@@H]2O[C@H](CO)[C@@H](O[C@@H]3O[C@H](CO[C@H]4O[C@H](CO)[C@@H](O[C@@H]5O[C@H](CO)[C@@H](O)[C@H](O)[C@H]5NC(C)=O)[C@H](O)[C@@H]4O[C@@H]4O[C@H](CO)[C@@H](O)[C@H](O)[C@H]4NC(C)=O)[C@@H](O)[C@H](O[C@H]4O[C@H](CO)[C@@H](O)[C@H](O)[C@@H]4O)[C@@H]3O)[C@H](O)[C@H]2NC(C)=O)[C@@H](CO)O[C@H]1O. The van der Waals surface area contributed by atoms with Crippen LogP contribution in [0.4, 0.5) is 0 Å². The van der Waals surface area contributed by atoms with Crippen molar-refractivity contribution in [1.82, 2.24) is 21.3 Å². The van der Waals surface area contributed by atoms with Crippen LogP contribution in [-0.2, 0) is 80.8 Å². The van der Waals surface area contributed by atoms with E-state index in [4.69, 9.17) is 61.6 Å². The highest BCUT2D eigenvalue weighted by molar-refractivity contribution is 5.74. The first-order valence-electron chi connectivity index (χ1n) is 28.6. The molecule has 4 amide bonds. The second-order valence-electron chi connectivity index (χ2n) is 22.5. The van der Waals surface area contributed by atoms with Gasteiger partial charge in [-0.25, -0.2) is 0 Å². The van der Waals surface area contributed by atoms with E-state index in [2.05, 4.69) is 21.3 Å². The van der Waals surface area contributed by atoms with Crippen LogP contribution in [0.1, 0.15) is 27.7 Å². The van der Waals surface area contributed by atoms with E-state index >= 15 is 0 Å². The van der Waals surface area contributed by atoms with Crippen molar-refractivity contribution in [3.8, 4) is 0 Å². The quantitative estimate of drug-likeness (QED) is 0.0452. The number of rotatable bonds is 23. The van der Waals surface area contributed by atoms with Crippen LogP contribution in [0, 0.1) is 0 Å². The van der Waals surface area contributed by atoms with Gasteiger partial charge in [-0.15, -0.1) is 0 Å². The number of aliphatic hydroxyl groups is 19. The summed E-state index contributed by atoms with van der Waals surface area (Å²) in [7, 11) is 0. The predicted molar refractivity (Wildman–Crippen MR) is 278 cm³/mol. The van der Waals surface area contributed by atoms with E-state index in [1.54, 1.807) is 0 Å². The summed E-state index contributed by atoms with van der Waals surface area (Å²) in [5.41, 5.74) is 0.